The van der Waals surface area contributed by atoms with Gasteiger partial charge in [-0.05, 0) is 31.4 Å². The summed E-state index contributed by atoms with van der Waals surface area (Å²) < 4.78 is 0. The molecule has 0 bridgehead atoms. The van der Waals surface area contributed by atoms with Crippen molar-refractivity contribution in [3.8, 4) is 0 Å². The minimum absolute atomic E-state index is 0.858. The molecule has 0 amide bonds. The fraction of sp³-hybridized carbons (Fsp3) is 0.333. The Balaban J connectivity index is 2.06. The maximum absolute atomic E-state index is 4.41. The van der Waals surface area contributed by atoms with Crippen LogP contribution in [0.25, 0.3) is 0 Å². The number of nitrogens with zero attached hydrogens (tertiary/aromatic N) is 2. The van der Waals surface area contributed by atoms with Crippen molar-refractivity contribution in [1.29, 1.82) is 0 Å². The van der Waals surface area contributed by atoms with Gasteiger partial charge in [-0.3, -0.25) is 9.98 Å². The largest absolute Gasteiger partial charge is 0.266 e. The normalized spacial score (nSPS) is 16.1. The predicted octanol–water partition coefficient (Wildman–Crippen LogP) is 2.76. The van der Waals surface area contributed by atoms with Crippen LogP contribution < -0.4 is 0 Å². The molecule has 2 heterocycles. The van der Waals surface area contributed by atoms with Crippen LogP contribution in [0.5, 0.6) is 0 Å². The molecule has 0 radical (unpaired) electrons. The van der Waals surface area contributed by atoms with Crippen molar-refractivity contribution in [1.82, 2.24) is 4.98 Å². The van der Waals surface area contributed by atoms with Gasteiger partial charge in [0.15, 0.2) is 0 Å². The maximum Gasteiger partial charge on any atom is 0.0463 e. The molecule has 1 aromatic rings. The smallest absolute Gasteiger partial charge is 0.0463 e. The van der Waals surface area contributed by atoms with Gasteiger partial charge in [-0.15, -0.1) is 0 Å². The molecule has 0 aromatic carbocycles. The SMILES string of the molecule is C1=NC(Cc2ccccn2)=CCCC1. The fourth-order valence-electron chi connectivity index (χ4n) is 1.52. The fourth-order valence-corrected chi connectivity index (χ4v) is 1.52. The first-order valence-corrected chi connectivity index (χ1v) is 5.06. The molecular formula is C12H14N2. The van der Waals surface area contributed by atoms with Crippen molar-refractivity contribution in [3.05, 3.63) is 41.9 Å². The van der Waals surface area contributed by atoms with E-state index >= 15 is 0 Å². The minimum atomic E-state index is 0.858. The summed E-state index contributed by atoms with van der Waals surface area (Å²) in [4.78, 5) is 8.70. The van der Waals surface area contributed by atoms with E-state index in [0.717, 1.165) is 30.7 Å². The van der Waals surface area contributed by atoms with E-state index in [-0.39, 0.29) is 0 Å². The molecule has 2 nitrogen and oxygen atoms in total. The molecule has 2 rings (SSSR count). The molecule has 0 N–H and O–H groups in total. The van der Waals surface area contributed by atoms with Gasteiger partial charge in [-0.1, -0.05) is 12.1 Å². The van der Waals surface area contributed by atoms with Gasteiger partial charge in [-0.2, -0.15) is 0 Å². The van der Waals surface area contributed by atoms with Gasteiger partial charge >= 0.3 is 0 Å². The molecule has 0 saturated carbocycles. The van der Waals surface area contributed by atoms with Crippen molar-refractivity contribution in [3.63, 3.8) is 0 Å². The Morgan fingerprint density at radius 3 is 3.07 bits per heavy atom. The number of hydrogen-bond acceptors (Lipinski definition) is 2. The molecule has 0 unspecified atom stereocenters. The Hall–Kier alpha value is -1.44. The number of aromatic nitrogens is 1. The van der Waals surface area contributed by atoms with Crippen molar-refractivity contribution in [2.24, 2.45) is 4.99 Å². The average molecular weight is 186 g/mol. The second-order valence-corrected chi connectivity index (χ2v) is 3.44. The molecule has 2 heteroatoms. The predicted molar refractivity (Wildman–Crippen MR) is 58.4 cm³/mol. The van der Waals surface area contributed by atoms with Gasteiger partial charge in [-0.25, -0.2) is 0 Å². The third-order valence-electron chi connectivity index (χ3n) is 2.26. The van der Waals surface area contributed by atoms with Gasteiger partial charge in [0.2, 0.25) is 0 Å². The summed E-state index contributed by atoms with van der Waals surface area (Å²) in [5.74, 6) is 0. The van der Waals surface area contributed by atoms with E-state index in [2.05, 4.69) is 16.1 Å². The molecule has 0 aliphatic carbocycles. The number of hydrogen-bond donors (Lipinski definition) is 0. The average Bonchev–Trinajstić information content (AvgIpc) is 2.48. The van der Waals surface area contributed by atoms with Crippen LogP contribution in [-0.4, -0.2) is 11.2 Å². The van der Waals surface area contributed by atoms with Crippen molar-refractivity contribution >= 4 is 6.21 Å². The highest BCUT2D eigenvalue weighted by Gasteiger charge is 2.00. The summed E-state index contributed by atoms with van der Waals surface area (Å²) in [6.07, 6.45) is 10.4. The van der Waals surface area contributed by atoms with Crippen LogP contribution in [0.4, 0.5) is 0 Å². The molecule has 0 fully saturated rings. The van der Waals surface area contributed by atoms with Gasteiger partial charge in [0, 0.05) is 30.2 Å². The first-order chi connectivity index (χ1) is 6.95. The molecule has 0 atom stereocenters. The zero-order chi connectivity index (χ0) is 9.64. The van der Waals surface area contributed by atoms with Crippen LogP contribution >= 0.6 is 0 Å². The maximum atomic E-state index is 4.41. The Labute approximate surface area is 84.4 Å². The monoisotopic (exact) mass is 186 g/mol. The summed E-state index contributed by atoms with van der Waals surface area (Å²) in [6.45, 7) is 0. The molecule has 1 aliphatic rings. The highest BCUT2D eigenvalue weighted by atomic mass is 14.8. The zero-order valence-corrected chi connectivity index (χ0v) is 8.19. The number of pyridine rings is 1. The van der Waals surface area contributed by atoms with Crippen molar-refractivity contribution in [2.75, 3.05) is 0 Å². The standard InChI is InChI=1S/C12H14N2/c1-2-6-11(13-8-4-1)10-12-7-3-5-9-14-12/h3,5-9H,1-2,4,10H2. The van der Waals surface area contributed by atoms with E-state index < -0.39 is 0 Å². The lowest BCUT2D eigenvalue weighted by Gasteiger charge is -1.99. The van der Waals surface area contributed by atoms with E-state index in [9.17, 15) is 0 Å². The zero-order valence-electron chi connectivity index (χ0n) is 8.19. The molecule has 72 valence electrons. The van der Waals surface area contributed by atoms with Crippen LogP contribution in [0.3, 0.4) is 0 Å². The summed E-state index contributed by atoms with van der Waals surface area (Å²) in [5.41, 5.74) is 2.25. The third-order valence-corrected chi connectivity index (χ3v) is 2.26. The van der Waals surface area contributed by atoms with Gasteiger partial charge in [0.1, 0.15) is 0 Å². The second-order valence-electron chi connectivity index (χ2n) is 3.44. The summed E-state index contributed by atoms with van der Waals surface area (Å²) in [6, 6.07) is 6.00. The molecular weight excluding hydrogens is 172 g/mol. The lowest BCUT2D eigenvalue weighted by Crippen LogP contribution is -1.90. The number of aliphatic imine (C=N–C) groups is 1. The second kappa shape index (κ2) is 4.70. The Bertz CT molecular complexity index is 339. The Kier molecular flexibility index (Phi) is 3.06. The topological polar surface area (TPSA) is 25.2 Å². The van der Waals surface area contributed by atoms with Gasteiger partial charge < -0.3 is 0 Å². The van der Waals surface area contributed by atoms with Crippen molar-refractivity contribution < 1.29 is 0 Å². The van der Waals surface area contributed by atoms with Crippen LogP contribution in [0.1, 0.15) is 25.0 Å². The molecule has 0 spiro atoms. The van der Waals surface area contributed by atoms with Crippen LogP contribution in [0, 0.1) is 0 Å². The van der Waals surface area contributed by atoms with E-state index in [1.807, 2.05) is 30.6 Å². The van der Waals surface area contributed by atoms with Crippen LogP contribution in [0.2, 0.25) is 0 Å². The highest BCUT2D eigenvalue weighted by molar-refractivity contribution is 5.59. The van der Waals surface area contributed by atoms with Crippen LogP contribution in [0.15, 0.2) is 41.2 Å². The molecule has 1 aliphatic heterocycles. The van der Waals surface area contributed by atoms with Gasteiger partial charge in [0.25, 0.3) is 0 Å². The van der Waals surface area contributed by atoms with E-state index in [4.69, 9.17) is 0 Å². The molecule has 0 saturated heterocycles. The summed E-state index contributed by atoms with van der Waals surface area (Å²) in [5, 5.41) is 0. The first kappa shape index (κ1) is 9.13. The highest BCUT2D eigenvalue weighted by Crippen LogP contribution is 2.11. The van der Waals surface area contributed by atoms with Gasteiger partial charge in [0.05, 0.1) is 0 Å². The Morgan fingerprint density at radius 1 is 1.21 bits per heavy atom. The summed E-state index contributed by atoms with van der Waals surface area (Å²) >= 11 is 0. The lowest BCUT2D eigenvalue weighted by molar-refractivity contribution is 0.904. The van der Waals surface area contributed by atoms with Crippen molar-refractivity contribution in [2.45, 2.75) is 25.7 Å². The minimum Gasteiger partial charge on any atom is -0.266 e. The number of rotatable bonds is 2. The molecule has 1 aromatic heterocycles. The Morgan fingerprint density at radius 2 is 2.21 bits per heavy atom. The van der Waals surface area contributed by atoms with E-state index in [0.29, 0.717) is 0 Å². The quantitative estimate of drug-likeness (QED) is 0.697. The number of allylic oxidation sites excluding steroid dienone is 2. The third kappa shape index (κ3) is 2.52. The van der Waals surface area contributed by atoms with E-state index in [1.165, 1.54) is 6.42 Å². The lowest BCUT2D eigenvalue weighted by atomic mass is 10.2. The summed E-state index contributed by atoms with van der Waals surface area (Å²) in [7, 11) is 0. The van der Waals surface area contributed by atoms with E-state index in [1.54, 1.807) is 0 Å². The first-order valence-electron chi connectivity index (χ1n) is 5.06. The van der Waals surface area contributed by atoms with Crippen LogP contribution in [-0.2, 0) is 6.42 Å². The molecule has 14 heavy (non-hydrogen) atoms.